The van der Waals surface area contributed by atoms with Gasteiger partial charge < -0.3 is 19.8 Å². The van der Waals surface area contributed by atoms with Gasteiger partial charge in [-0.2, -0.15) is 0 Å². The number of ether oxygens (including phenoxy) is 1. The van der Waals surface area contributed by atoms with Gasteiger partial charge in [0.2, 0.25) is 5.91 Å². The summed E-state index contributed by atoms with van der Waals surface area (Å²) in [6.07, 6.45) is 0.0870. The summed E-state index contributed by atoms with van der Waals surface area (Å²) in [5.74, 6) is 0.0871. The van der Waals surface area contributed by atoms with E-state index < -0.39 is 6.10 Å². The molecule has 1 aromatic rings. The average molecular weight is 389 g/mol. The molecule has 2 aliphatic rings. The second-order valence-corrected chi connectivity index (χ2v) is 7.52. The van der Waals surface area contributed by atoms with Gasteiger partial charge in [-0.3, -0.25) is 9.69 Å². The highest BCUT2D eigenvalue weighted by Crippen LogP contribution is 2.43. The van der Waals surface area contributed by atoms with Gasteiger partial charge >= 0.3 is 0 Å². The maximum atomic E-state index is 12.5. The number of carbonyl (C=O) groups excluding carboxylic acids is 1. The first-order chi connectivity index (χ1) is 11.9. The van der Waals surface area contributed by atoms with Gasteiger partial charge in [0.05, 0.1) is 29.3 Å². The molecule has 2 N–H and O–H groups in total. The van der Waals surface area contributed by atoms with Crippen molar-refractivity contribution in [3.63, 3.8) is 0 Å². The van der Waals surface area contributed by atoms with Crippen LogP contribution in [0.15, 0.2) is 12.1 Å². The Bertz CT molecular complexity index is 658. The minimum atomic E-state index is -0.618. The number of methoxy groups -OCH3 is 1. The zero-order valence-corrected chi connectivity index (χ0v) is 15.5. The molecule has 0 aromatic heterocycles. The van der Waals surface area contributed by atoms with E-state index >= 15 is 0 Å². The predicted molar refractivity (Wildman–Crippen MR) is 95.3 cm³/mol. The Morgan fingerprint density at radius 3 is 2.84 bits per heavy atom. The minimum Gasteiger partial charge on any atom is -0.508 e. The third-order valence-electron chi connectivity index (χ3n) is 4.91. The van der Waals surface area contributed by atoms with E-state index in [1.165, 1.54) is 13.2 Å². The third-order valence-corrected chi connectivity index (χ3v) is 5.73. The molecule has 25 heavy (non-hydrogen) atoms. The summed E-state index contributed by atoms with van der Waals surface area (Å²) in [6.45, 7) is 2.12. The lowest BCUT2D eigenvalue weighted by Gasteiger charge is -2.37. The molecular weight excluding hydrogens is 367 g/mol. The normalized spacial score (nSPS) is 25.3. The number of halogens is 2. The van der Waals surface area contributed by atoms with Crippen molar-refractivity contribution >= 4 is 29.1 Å². The molecule has 0 aliphatic carbocycles. The maximum Gasteiger partial charge on any atom is 0.237 e. The van der Waals surface area contributed by atoms with E-state index in [1.807, 2.05) is 9.80 Å². The van der Waals surface area contributed by atoms with Crippen LogP contribution in [0.5, 0.6) is 5.75 Å². The first-order valence-corrected chi connectivity index (χ1v) is 9.02. The number of β-amino-alcohol motifs (C(OH)–C–C–N with tert-alkyl or cyclic N) is 1. The summed E-state index contributed by atoms with van der Waals surface area (Å²) in [4.78, 5) is 16.3. The number of aliphatic hydroxyl groups excluding tert-OH is 1. The molecule has 0 radical (unpaired) electrons. The van der Waals surface area contributed by atoms with Gasteiger partial charge in [-0.1, -0.05) is 23.2 Å². The summed E-state index contributed by atoms with van der Waals surface area (Å²) in [5, 5.41) is 20.9. The first kappa shape index (κ1) is 18.7. The van der Waals surface area contributed by atoms with Crippen LogP contribution < -0.4 is 0 Å². The lowest BCUT2D eigenvalue weighted by atomic mass is 9.95. The van der Waals surface area contributed by atoms with E-state index in [9.17, 15) is 15.0 Å². The summed E-state index contributed by atoms with van der Waals surface area (Å²) in [5.41, 5.74) is 0.613. The predicted octanol–water partition coefficient (Wildman–Crippen LogP) is 1.71. The van der Waals surface area contributed by atoms with E-state index in [0.717, 1.165) is 0 Å². The van der Waals surface area contributed by atoms with Gasteiger partial charge in [0.15, 0.2) is 0 Å². The number of aliphatic hydroxyl groups is 1. The number of fused-ring (bicyclic) bond motifs is 1. The summed E-state index contributed by atoms with van der Waals surface area (Å²) < 4.78 is 4.94. The van der Waals surface area contributed by atoms with Crippen molar-refractivity contribution in [2.45, 2.75) is 24.5 Å². The Morgan fingerprint density at radius 2 is 2.12 bits per heavy atom. The van der Waals surface area contributed by atoms with E-state index in [1.54, 1.807) is 6.07 Å². The molecule has 2 aliphatic heterocycles. The van der Waals surface area contributed by atoms with E-state index in [2.05, 4.69) is 0 Å². The number of aromatic hydroxyl groups is 1. The molecule has 2 fully saturated rings. The first-order valence-electron chi connectivity index (χ1n) is 8.26. The molecule has 0 spiro atoms. The molecule has 0 saturated carbocycles. The second-order valence-electron chi connectivity index (χ2n) is 6.73. The number of hydrogen-bond acceptors (Lipinski definition) is 5. The lowest BCUT2D eigenvalue weighted by molar-refractivity contribution is -0.138. The Morgan fingerprint density at radius 1 is 1.36 bits per heavy atom. The zero-order chi connectivity index (χ0) is 18.1. The average Bonchev–Trinajstić information content (AvgIpc) is 2.96. The van der Waals surface area contributed by atoms with Crippen LogP contribution in [0.3, 0.4) is 0 Å². The van der Waals surface area contributed by atoms with E-state index in [0.29, 0.717) is 41.7 Å². The Hall–Kier alpha value is -1.05. The maximum absolute atomic E-state index is 12.5. The molecule has 2 saturated heterocycles. The number of phenolic OH excluding ortho intramolecular Hbond substituents is 1. The Labute approximate surface area is 156 Å². The fourth-order valence-corrected chi connectivity index (χ4v) is 4.35. The van der Waals surface area contributed by atoms with Crippen LogP contribution in [0, 0.1) is 0 Å². The van der Waals surface area contributed by atoms with Gasteiger partial charge in [0.1, 0.15) is 5.75 Å². The van der Waals surface area contributed by atoms with E-state index in [-0.39, 0.29) is 36.8 Å². The molecule has 2 heterocycles. The monoisotopic (exact) mass is 388 g/mol. The lowest BCUT2D eigenvalue weighted by Crippen LogP contribution is -2.55. The van der Waals surface area contributed by atoms with Gasteiger partial charge in [-0.15, -0.1) is 0 Å². The zero-order valence-electron chi connectivity index (χ0n) is 14.0. The highest BCUT2D eigenvalue weighted by Gasteiger charge is 2.42. The van der Waals surface area contributed by atoms with Crippen molar-refractivity contribution in [2.24, 2.45) is 0 Å². The fourth-order valence-electron chi connectivity index (χ4n) is 3.88. The molecular formula is C17H22Cl2N2O4. The number of phenols is 1. The summed E-state index contributed by atoms with van der Waals surface area (Å²) in [7, 11) is 1.54. The van der Waals surface area contributed by atoms with Crippen LogP contribution in [0.25, 0.3) is 0 Å². The number of nitrogens with zero attached hydrogens (tertiary/aromatic N) is 2. The topological polar surface area (TPSA) is 73.2 Å². The molecule has 138 valence electrons. The van der Waals surface area contributed by atoms with Crippen molar-refractivity contribution in [2.75, 3.05) is 39.9 Å². The minimum absolute atomic E-state index is 0.0287. The molecule has 3 atom stereocenters. The quantitative estimate of drug-likeness (QED) is 0.802. The van der Waals surface area contributed by atoms with Crippen LogP contribution in [-0.2, 0) is 9.53 Å². The number of rotatable bonds is 5. The van der Waals surface area contributed by atoms with Gasteiger partial charge in [0, 0.05) is 44.3 Å². The largest absolute Gasteiger partial charge is 0.508 e. The van der Waals surface area contributed by atoms with E-state index in [4.69, 9.17) is 27.9 Å². The Balaban J connectivity index is 1.73. The molecule has 0 bridgehead atoms. The highest BCUT2D eigenvalue weighted by atomic mass is 35.5. The van der Waals surface area contributed by atoms with Gasteiger partial charge in [0.25, 0.3) is 0 Å². The van der Waals surface area contributed by atoms with Crippen molar-refractivity contribution in [3.8, 4) is 5.75 Å². The number of amides is 1. The SMILES string of the molecule is COCC(O)CN1CC(=O)N2C[C@@H](c3c(O)ccc(Cl)c3Cl)C[C@H]2C1. The Kier molecular flexibility index (Phi) is 5.75. The van der Waals surface area contributed by atoms with Gasteiger partial charge in [-0.25, -0.2) is 0 Å². The van der Waals surface area contributed by atoms with Crippen LogP contribution in [-0.4, -0.2) is 78.0 Å². The molecule has 6 nitrogen and oxygen atoms in total. The molecule has 8 heteroatoms. The second kappa shape index (κ2) is 7.68. The van der Waals surface area contributed by atoms with Crippen LogP contribution in [0.2, 0.25) is 10.0 Å². The van der Waals surface area contributed by atoms with Gasteiger partial charge in [-0.05, 0) is 18.6 Å². The summed E-state index contributed by atoms with van der Waals surface area (Å²) >= 11 is 12.4. The number of hydrogen-bond donors (Lipinski definition) is 2. The standard InChI is InChI=1S/C17H22Cl2N2O4/c1-25-9-12(22)7-20-6-11-4-10(5-21(11)15(24)8-20)16-14(23)3-2-13(18)17(16)19/h2-3,10-12,22-23H,4-9H2,1H3/t10-,11-,12?/m0/s1. The smallest absolute Gasteiger partial charge is 0.237 e. The molecule has 1 unspecified atom stereocenters. The van der Waals surface area contributed by atoms with Crippen molar-refractivity contribution in [1.82, 2.24) is 9.80 Å². The molecule has 3 rings (SSSR count). The van der Waals surface area contributed by atoms with Crippen LogP contribution >= 0.6 is 23.2 Å². The molecule has 1 aromatic carbocycles. The third kappa shape index (κ3) is 3.88. The summed E-state index contributed by atoms with van der Waals surface area (Å²) in [6, 6.07) is 3.14. The molecule has 1 amide bonds. The van der Waals surface area contributed by atoms with Crippen LogP contribution in [0.1, 0.15) is 17.9 Å². The fraction of sp³-hybridized carbons (Fsp3) is 0.588. The van der Waals surface area contributed by atoms with Crippen molar-refractivity contribution in [1.29, 1.82) is 0 Å². The highest BCUT2D eigenvalue weighted by molar-refractivity contribution is 6.42. The number of benzene rings is 1. The van der Waals surface area contributed by atoms with Crippen molar-refractivity contribution in [3.05, 3.63) is 27.7 Å². The number of carbonyl (C=O) groups is 1. The number of piperazine rings is 1. The van der Waals surface area contributed by atoms with Crippen molar-refractivity contribution < 1.29 is 19.7 Å². The van der Waals surface area contributed by atoms with Crippen LogP contribution in [0.4, 0.5) is 0 Å².